The van der Waals surface area contributed by atoms with Gasteiger partial charge in [0.15, 0.2) is 0 Å². The van der Waals surface area contributed by atoms with Crippen molar-refractivity contribution in [1.82, 2.24) is 14.9 Å². The number of anilines is 1. The Kier molecular flexibility index (Phi) is 5.48. The number of nitrogens with zero attached hydrogens (tertiary/aromatic N) is 5. The molecule has 8 heteroatoms. The van der Waals surface area contributed by atoms with Gasteiger partial charge in [-0.15, -0.1) is 10.2 Å². The van der Waals surface area contributed by atoms with Crippen LogP contribution < -0.4 is 5.01 Å². The fourth-order valence-corrected chi connectivity index (χ4v) is 2.80. The summed E-state index contributed by atoms with van der Waals surface area (Å²) in [5.74, 6) is 0.704. The zero-order valence-electron chi connectivity index (χ0n) is 13.2. The van der Waals surface area contributed by atoms with Gasteiger partial charge >= 0.3 is 0 Å². The van der Waals surface area contributed by atoms with Crippen LogP contribution in [0.25, 0.3) is 0 Å². The number of aliphatic hydroxyl groups is 1. The van der Waals surface area contributed by atoms with E-state index < -0.39 is 6.10 Å². The minimum Gasteiger partial charge on any atom is -0.492 e. The van der Waals surface area contributed by atoms with E-state index in [1.165, 1.54) is 0 Å². The van der Waals surface area contributed by atoms with Crippen LogP contribution in [0.4, 0.5) is 5.69 Å². The average molecular weight is 402 g/mol. The molecule has 0 saturated carbocycles. The van der Waals surface area contributed by atoms with Gasteiger partial charge in [-0.1, -0.05) is 22.0 Å². The first-order valence-electron chi connectivity index (χ1n) is 7.65. The lowest BCUT2D eigenvalue weighted by atomic mass is 10.1. The molecule has 128 valence electrons. The third-order valence-corrected chi connectivity index (χ3v) is 4.46. The average Bonchev–Trinajstić information content (AvgIpc) is 3.16. The molecular weight excluding hydrogens is 386 g/mol. The van der Waals surface area contributed by atoms with E-state index in [0.717, 1.165) is 5.69 Å². The maximum absolute atomic E-state index is 9.64. The van der Waals surface area contributed by atoms with Crippen molar-refractivity contribution in [2.45, 2.75) is 10.9 Å². The summed E-state index contributed by atoms with van der Waals surface area (Å²) in [5.41, 5.74) is 1.49. The number of aromatic nitrogens is 3. The molecule has 7 nitrogen and oxygen atoms in total. The Morgan fingerprint density at radius 1 is 1.28 bits per heavy atom. The molecule has 0 radical (unpaired) electrons. The van der Waals surface area contributed by atoms with Crippen molar-refractivity contribution in [2.75, 3.05) is 18.2 Å². The number of rotatable bonds is 6. The third-order valence-electron chi connectivity index (χ3n) is 3.66. The molecule has 0 saturated heterocycles. The zero-order valence-corrected chi connectivity index (χ0v) is 14.8. The van der Waals surface area contributed by atoms with Crippen LogP contribution in [0.5, 0.6) is 0 Å². The fourth-order valence-electron chi connectivity index (χ4n) is 2.36. The first-order chi connectivity index (χ1) is 12.2. The van der Waals surface area contributed by atoms with Gasteiger partial charge in [-0.05, 0) is 36.4 Å². The predicted octanol–water partition coefficient (Wildman–Crippen LogP) is 2.01. The SMILES string of the molecule is N#Cc1ccc(N(CCOC2=CC(Br)C(O)C=C2)n2cnnc2)cc1. The van der Waals surface area contributed by atoms with Gasteiger partial charge in [-0.3, -0.25) is 5.01 Å². The Bertz CT molecular complexity index is 795. The minimum atomic E-state index is -0.542. The molecule has 1 aromatic carbocycles. The molecule has 0 bridgehead atoms. The van der Waals surface area contributed by atoms with Gasteiger partial charge < -0.3 is 9.84 Å². The van der Waals surface area contributed by atoms with Crippen LogP contribution in [0.15, 0.2) is 60.9 Å². The molecule has 0 fully saturated rings. The van der Waals surface area contributed by atoms with Crippen LogP contribution in [-0.4, -0.2) is 44.1 Å². The lowest BCUT2D eigenvalue weighted by Crippen LogP contribution is -2.32. The Morgan fingerprint density at radius 2 is 2.00 bits per heavy atom. The van der Waals surface area contributed by atoms with Gasteiger partial charge in [0.05, 0.1) is 34.8 Å². The number of hydrogen-bond donors (Lipinski definition) is 1. The smallest absolute Gasteiger partial charge is 0.139 e. The quantitative estimate of drug-likeness (QED) is 0.744. The van der Waals surface area contributed by atoms with E-state index in [0.29, 0.717) is 24.5 Å². The van der Waals surface area contributed by atoms with E-state index in [9.17, 15) is 5.11 Å². The zero-order chi connectivity index (χ0) is 17.6. The Hall–Kier alpha value is -2.63. The molecule has 25 heavy (non-hydrogen) atoms. The van der Waals surface area contributed by atoms with E-state index in [2.05, 4.69) is 32.2 Å². The lowest BCUT2D eigenvalue weighted by molar-refractivity contribution is 0.206. The molecule has 2 atom stereocenters. The number of alkyl halides is 1. The molecule has 1 N–H and O–H groups in total. The number of halogens is 1. The van der Waals surface area contributed by atoms with Crippen molar-refractivity contribution in [2.24, 2.45) is 0 Å². The second-order valence-electron chi connectivity index (χ2n) is 5.34. The maximum atomic E-state index is 9.64. The summed E-state index contributed by atoms with van der Waals surface area (Å²) in [4.78, 5) is -0.153. The van der Waals surface area contributed by atoms with Crippen LogP contribution in [0.1, 0.15) is 5.56 Å². The molecule has 0 aliphatic heterocycles. The molecule has 2 unspecified atom stereocenters. The van der Waals surface area contributed by atoms with Crippen molar-refractivity contribution in [3.8, 4) is 6.07 Å². The first-order valence-corrected chi connectivity index (χ1v) is 8.56. The minimum absolute atomic E-state index is 0.153. The van der Waals surface area contributed by atoms with E-state index in [1.54, 1.807) is 41.6 Å². The van der Waals surface area contributed by atoms with Gasteiger partial charge in [0, 0.05) is 0 Å². The second-order valence-corrected chi connectivity index (χ2v) is 6.39. The molecule has 1 aliphatic carbocycles. The van der Waals surface area contributed by atoms with Crippen LogP contribution in [0.2, 0.25) is 0 Å². The summed E-state index contributed by atoms with van der Waals surface area (Å²) in [6.45, 7) is 0.967. The highest BCUT2D eigenvalue weighted by Gasteiger charge is 2.16. The third kappa shape index (κ3) is 4.26. The summed E-state index contributed by atoms with van der Waals surface area (Å²) in [6.07, 6.45) is 7.93. The van der Waals surface area contributed by atoms with E-state index in [-0.39, 0.29) is 4.83 Å². The normalized spacial score (nSPS) is 19.2. The molecule has 0 spiro atoms. The Balaban J connectivity index is 1.68. The molecule has 1 aliphatic rings. The van der Waals surface area contributed by atoms with Crippen LogP contribution in [0, 0.1) is 11.3 Å². The Labute approximate surface area is 153 Å². The fraction of sp³-hybridized carbons (Fsp3) is 0.235. The highest BCUT2D eigenvalue weighted by atomic mass is 79.9. The van der Waals surface area contributed by atoms with Gasteiger partial charge in [-0.2, -0.15) is 5.26 Å². The van der Waals surface area contributed by atoms with Crippen LogP contribution in [0.3, 0.4) is 0 Å². The lowest BCUT2D eigenvalue weighted by Gasteiger charge is -2.25. The summed E-state index contributed by atoms with van der Waals surface area (Å²) >= 11 is 3.38. The standard InChI is InChI=1S/C17H16BrN5O2/c18-16-9-15(5-6-17(16)24)25-8-7-23(22-11-20-21-12-22)14-3-1-13(10-19)2-4-14/h1-6,9,11-12,16-17,24H,7-8H2. The highest BCUT2D eigenvalue weighted by molar-refractivity contribution is 9.09. The van der Waals surface area contributed by atoms with E-state index in [1.807, 2.05) is 23.2 Å². The molecule has 0 amide bonds. The van der Waals surface area contributed by atoms with Crippen molar-refractivity contribution in [1.29, 1.82) is 5.26 Å². The monoisotopic (exact) mass is 401 g/mol. The van der Waals surface area contributed by atoms with E-state index in [4.69, 9.17) is 10.00 Å². The topological polar surface area (TPSA) is 87.2 Å². The molecule has 2 aromatic rings. The predicted molar refractivity (Wildman–Crippen MR) is 95.8 cm³/mol. The summed E-state index contributed by atoms with van der Waals surface area (Å²) in [5, 5.41) is 28.2. The van der Waals surface area contributed by atoms with Crippen LogP contribution in [-0.2, 0) is 4.74 Å². The van der Waals surface area contributed by atoms with Gasteiger partial charge in [0.25, 0.3) is 0 Å². The summed E-state index contributed by atoms with van der Waals surface area (Å²) in [6, 6.07) is 9.36. The summed E-state index contributed by atoms with van der Waals surface area (Å²) < 4.78 is 7.54. The first kappa shape index (κ1) is 17.2. The van der Waals surface area contributed by atoms with Gasteiger partial charge in [0.2, 0.25) is 0 Å². The van der Waals surface area contributed by atoms with Gasteiger partial charge in [-0.25, -0.2) is 4.68 Å². The number of nitriles is 1. The van der Waals surface area contributed by atoms with Crippen molar-refractivity contribution >= 4 is 21.6 Å². The number of allylic oxidation sites excluding steroid dienone is 1. The number of benzene rings is 1. The molecular formula is C17H16BrN5O2. The highest BCUT2D eigenvalue weighted by Crippen LogP contribution is 2.19. The van der Waals surface area contributed by atoms with Crippen molar-refractivity contribution < 1.29 is 9.84 Å². The molecule has 1 heterocycles. The van der Waals surface area contributed by atoms with Crippen LogP contribution >= 0.6 is 15.9 Å². The number of ether oxygens (including phenoxy) is 1. The Morgan fingerprint density at radius 3 is 2.64 bits per heavy atom. The van der Waals surface area contributed by atoms with Gasteiger partial charge in [0.1, 0.15) is 25.0 Å². The largest absolute Gasteiger partial charge is 0.492 e. The van der Waals surface area contributed by atoms with E-state index >= 15 is 0 Å². The molecule has 3 rings (SSSR count). The maximum Gasteiger partial charge on any atom is 0.139 e. The second kappa shape index (κ2) is 7.96. The number of hydrogen-bond acceptors (Lipinski definition) is 6. The van der Waals surface area contributed by atoms with Crippen molar-refractivity contribution in [3.05, 3.63) is 66.5 Å². The number of aliphatic hydroxyl groups excluding tert-OH is 1. The van der Waals surface area contributed by atoms with Crippen molar-refractivity contribution in [3.63, 3.8) is 0 Å². The molecule has 1 aromatic heterocycles. The summed E-state index contributed by atoms with van der Waals surface area (Å²) in [7, 11) is 0.